The zero-order chi connectivity index (χ0) is 32.3. The van der Waals surface area contributed by atoms with Crippen LogP contribution in [0, 0.1) is 0 Å². The van der Waals surface area contributed by atoms with Crippen molar-refractivity contribution in [3.05, 3.63) is 170 Å². The van der Waals surface area contributed by atoms with E-state index in [1.54, 1.807) is 11.3 Å². The first-order chi connectivity index (χ1) is 24.3. The van der Waals surface area contributed by atoms with E-state index in [0.29, 0.717) is 5.89 Å². The number of fused-ring (bicyclic) bond motifs is 7. The molecule has 8 aromatic carbocycles. The summed E-state index contributed by atoms with van der Waals surface area (Å²) in [5.74, 6) is 0.651. The van der Waals surface area contributed by atoms with Crippen LogP contribution in [0.25, 0.3) is 75.4 Å². The molecule has 0 fully saturated rings. The zero-order valence-corrected chi connectivity index (χ0v) is 27.2. The molecule has 2 aromatic heterocycles. The SMILES string of the molecule is c1ccc(N(c2ccc(-c3cccc4ccccc34)cc2)c2ccc3c(c2)sc2cccc(-c4nc5c(ccc6ccccc65)o4)c23)cc1. The van der Waals surface area contributed by atoms with E-state index in [1.165, 1.54) is 42.1 Å². The summed E-state index contributed by atoms with van der Waals surface area (Å²) >= 11 is 1.81. The number of rotatable bonds is 5. The number of nitrogens with zero attached hydrogens (tertiary/aromatic N) is 2. The van der Waals surface area contributed by atoms with E-state index >= 15 is 0 Å². The van der Waals surface area contributed by atoms with Crippen molar-refractivity contribution in [3.8, 4) is 22.6 Å². The molecular weight excluding hydrogens is 617 g/mol. The maximum absolute atomic E-state index is 6.42. The van der Waals surface area contributed by atoms with Crippen LogP contribution >= 0.6 is 11.3 Å². The Morgan fingerprint density at radius 3 is 2.00 bits per heavy atom. The number of para-hydroxylation sites is 1. The lowest BCUT2D eigenvalue weighted by Gasteiger charge is -2.25. The van der Waals surface area contributed by atoms with Gasteiger partial charge in [0.15, 0.2) is 5.58 Å². The molecule has 230 valence electrons. The largest absolute Gasteiger partial charge is 0.436 e. The predicted octanol–water partition coefficient (Wildman–Crippen LogP) is 13.3. The second-order valence-corrected chi connectivity index (χ2v) is 13.4. The first kappa shape index (κ1) is 27.8. The molecule has 49 heavy (non-hydrogen) atoms. The van der Waals surface area contributed by atoms with Crippen molar-refractivity contribution in [2.24, 2.45) is 0 Å². The van der Waals surface area contributed by atoms with Crippen LogP contribution in [0.15, 0.2) is 174 Å². The molecule has 10 aromatic rings. The second kappa shape index (κ2) is 11.2. The summed E-state index contributed by atoms with van der Waals surface area (Å²) in [6.07, 6.45) is 0. The van der Waals surface area contributed by atoms with Gasteiger partial charge in [0.1, 0.15) is 5.52 Å². The molecule has 0 aliphatic carbocycles. The minimum atomic E-state index is 0.651. The van der Waals surface area contributed by atoms with Crippen LogP contribution < -0.4 is 4.90 Å². The number of hydrogen-bond acceptors (Lipinski definition) is 4. The van der Waals surface area contributed by atoms with Crippen LogP contribution in [0.2, 0.25) is 0 Å². The lowest BCUT2D eigenvalue weighted by atomic mass is 9.98. The highest BCUT2D eigenvalue weighted by molar-refractivity contribution is 7.26. The van der Waals surface area contributed by atoms with Gasteiger partial charge < -0.3 is 9.32 Å². The molecule has 0 spiro atoms. The molecule has 0 amide bonds. The summed E-state index contributed by atoms with van der Waals surface area (Å²) in [5, 5.41) is 7.15. The van der Waals surface area contributed by atoms with Gasteiger partial charge in [-0.2, -0.15) is 0 Å². The van der Waals surface area contributed by atoms with Crippen molar-refractivity contribution >= 4 is 81.2 Å². The Kier molecular flexibility index (Phi) is 6.36. The van der Waals surface area contributed by atoms with Crippen LogP contribution in [0.5, 0.6) is 0 Å². The van der Waals surface area contributed by atoms with Gasteiger partial charge in [0.05, 0.1) is 0 Å². The monoisotopic (exact) mass is 644 g/mol. The molecule has 0 saturated carbocycles. The maximum atomic E-state index is 6.42. The highest BCUT2D eigenvalue weighted by atomic mass is 32.1. The van der Waals surface area contributed by atoms with Crippen molar-refractivity contribution in [2.45, 2.75) is 0 Å². The minimum Gasteiger partial charge on any atom is -0.436 e. The van der Waals surface area contributed by atoms with Crippen molar-refractivity contribution in [2.75, 3.05) is 4.90 Å². The number of benzene rings is 8. The fourth-order valence-corrected chi connectivity index (χ4v) is 8.37. The van der Waals surface area contributed by atoms with E-state index in [2.05, 4.69) is 169 Å². The second-order valence-electron chi connectivity index (χ2n) is 12.4. The molecule has 0 unspecified atom stereocenters. The molecule has 0 atom stereocenters. The molecule has 0 aliphatic rings. The van der Waals surface area contributed by atoms with Gasteiger partial charge in [-0.25, -0.2) is 4.98 Å². The number of thiophene rings is 1. The van der Waals surface area contributed by atoms with Crippen molar-refractivity contribution in [1.29, 1.82) is 0 Å². The van der Waals surface area contributed by atoms with Gasteiger partial charge in [0.25, 0.3) is 0 Å². The number of aromatic nitrogens is 1. The average molecular weight is 645 g/mol. The summed E-state index contributed by atoms with van der Waals surface area (Å²) < 4.78 is 8.84. The van der Waals surface area contributed by atoms with Crippen LogP contribution in [-0.4, -0.2) is 4.98 Å². The molecule has 0 N–H and O–H groups in total. The highest BCUT2D eigenvalue weighted by Gasteiger charge is 2.19. The van der Waals surface area contributed by atoms with Crippen molar-refractivity contribution < 1.29 is 4.42 Å². The van der Waals surface area contributed by atoms with Gasteiger partial charge in [0.2, 0.25) is 5.89 Å². The average Bonchev–Trinajstić information content (AvgIpc) is 3.77. The third kappa shape index (κ3) is 4.61. The fourth-order valence-electron chi connectivity index (χ4n) is 7.20. The van der Waals surface area contributed by atoms with E-state index in [4.69, 9.17) is 9.40 Å². The highest BCUT2D eigenvalue weighted by Crippen LogP contribution is 2.44. The first-order valence-electron chi connectivity index (χ1n) is 16.5. The summed E-state index contributed by atoms with van der Waals surface area (Å²) in [7, 11) is 0. The topological polar surface area (TPSA) is 29.3 Å². The van der Waals surface area contributed by atoms with Crippen LogP contribution in [0.1, 0.15) is 0 Å². The molecule has 2 heterocycles. The number of anilines is 3. The summed E-state index contributed by atoms with van der Waals surface area (Å²) in [4.78, 5) is 7.38. The molecule has 3 nitrogen and oxygen atoms in total. The smallest absolute Gasteiger partial charge is 0.228 e. The molecule has 0 radical (unpaired) electrons. The Bertz CT molecular complexity index is 2830. The quantitative estimate of drug-likeness (QED) is 0.187. The lowest BCUT2D eigenvalue weighted by molar-refractivity contribution is 0.621. The van der Waals surface area contributed by atoms with Crippen molar-refractivity contribution in [3.63, 3.8) is 0 Å². The molecule has 0 aliphatic heterocycles. The normalized spacial score (nSPS) is 11.7. The minimum absolute atomic E-state index is 0.651. The third-order valence-corrected chi connectivity index (χ3v) is 10.6. The van der Waals surface area contributed by atoms with Gasteiger partial charge >= 0.3 is 0 Å². The number of hydrogen-bond donors (Lipinski definition) is 0. The van der Waals surface area contributed by atoms with Crippen LogP contribution in [0.4, 0.5) is 17.1 Å². The zero-order valence-electron chi connectivity index (χ0n) is 26.4. The maximum Gasteiger partial charge on any atom is 0.228 e. The predicted molar refractivity (Wildman–Crippen MR) is 207 cm³/mol. The van der Waals surface area contributed by atoms with Gasteiger partial charge in [-0.1, -0.05) is 115 Å². The summed E-state index contributed by atoms with van der Waals surface area (Å²) in [6.45, 7) is 0. The fraction of sp³-hybridized carbons (Fsp3) is 0. The Hall–Kier alpha value is -6.23. The molecule has 4 heteroatoms. The number of oxazole rings is 1. The molecular formula is C45H28N2OS. The Morgan fingerprint density at radius 2 is 1.14 bits per heavy atom. The van der Waals surface area contributed by atoms with E-state index in [1.807, 2.05) is 6.07 Å². The molecule has 0 bridgehead atoms. The Balaban J connectivity index is 1.09. The van der Waals surface area contributed by atoms with Crippen molar-refractivity contribution in [1.82, 2.24) is 4.98 Å². The van der Waals surface area contributed by atoms with E-state index in [9.17, 15) is 0 Å². The summed E-state index contributed by atoms with van der Waals surface area (Å²) in [6, 6.07) is 60.3. The van der Waals surface area contributed by atoms with Crippen LogP contribution in [0.3, 0.4) is 0 Å². The van der Waals surface area contributed by atoms with E-state index in [0.717, 1.165) is 44.5 Å². The molecule has 10 rings (SSSR count). The summed E-state index contributed by atoms with van der Waals surface area (Å²) in [5.41, 5.74) is 8.49. The van der Waals surface area contributed by atoms with E-state index in [-0.39, 0.29) is 0 Å². The molecule has 0 saturated heterocycles. The van der Waals surface area contributed by atoms with Gasteiger partial charge in [-0.05, 0) is 81.9 Å². The van der Waals surface area contributed by atoms with Crippen LogP contribution in [-0.2, 0) is 0 Å². The van der Waals surface area contributed by atoms with E-state index < -0.39 is 0 Å². The van der Waals surface area contributed by atoms with Gasteiger partial charge in [-0.15, -0.1) is 11.3 Å². The Morgan fingerprint density at radius 1 is 0.469 bits per heavy atom. The van der Waals surface area contributed by atoms with Gasteiger partial charge in [-0.3, -0.25) is 0 Å². The standard InChI is InChI=1S/C45H28N2OS/c1-2-13-32(14-3-1)47(33-23-20-31(21-24-33)36-17-8-12-29-10-4-6-15-35(29)36)34-25-26-38-42(28-34)49-41-19-9-18-39(43(38)41)45-46-44-37-16-7-5-11-30(37)22-27-40(44)48-45/h1-28H. The third-order valence-electron chi connectivity index (χ3n) is 9.49. The Labute approximate surface area is 286 Å². The lowest BCUT2D eigenvalue weighted by Crippen LogP contribution is -2.09. The first-order valence-corrected chi connectivity index (χ1v) is 17.3. The van der Waals surface area contributed by atoms with Gasteiger partial charge in [0, 0.05) is 48.2 Å².